The van der Waals surface area contributed by atoms with Gasteiger partial charge < -0.3 is 18.9 Å². The van der Waals surface area contributed by atoms with E-state index in [-0.39, 0.29) is 0 Å². The van der Waals surface area contributed by atoms with E-state index >= 15 is 0 Å². The summed E-state index contributed by atoms with van der Waals surface area (Å²) in [5.74, 6) is 2.32. The maximum Gasteiger partial charge on any atom is 0.169 e. The van der Waals surface area contributed by atoms with Gasteiger partial charge in [0.1, 0.15) is 0 Å². The summed E-state index contributed by atoms with van der Waals surface area (Å²) in [5, 5.41) is 4.34. The number of benzene rings is 4. The third-order valence-corrected chi connectivity index (χ3v) is 5.55. The highest BCUT2D eigenvalue weighted by Crippen LogP contribution is 2.37. The van der Waals surface area contributed by atoms with Gasteiger partial charge in [0.2, 0.25) is 0 Å². The molecule has 0 spiro atoms. The maximum atomic E-state index is 5.58. The van der Waals surface area contributed by atoms with Crippen LogP contribution in [0.25, 0.3) is 33.2 Å². The molecule has 0 saturated heterocycles. The SMILES string of the molecule is C=COc1ccc(/C=C(\C)c2ccc3c(ccc4cc(OC=C)c(OC=C)cc43)c2)cc1OC=C. The Balaban J connectivity index is 1.74. The van der Waals surface area contributed by atoms with E-state index in [1.807, 2.05) is 30.3 Å². The minimum atomic E-state index is 0.573. The summed E-state index contributed by atoms with van der Waals surface area (Å²) in [6.45, 7) is 16.6. The molecule has 0 N–H and O–H groups in total. The van der Waals surface area contributed by atoms with Crippen LogP contribution < -0.4 is 18.9 Å². The molecule has 4 aromatic rings. The van der Waals surface area contributed by atoms with Crippen molar-refractivity contribution < 1.29 is 18.9 Å². The molecule has 0 saturated carbocycles. The summed E-state index contributed by atoms with van der Waals surface area (Å²) >= 11 is 0. The van der Waals surface area contributed by atoms with Gasteiger partial charge in [0.25, 0.3) is 0 Å². The fraction of sp³-hybridized carbons (Fsp3) is 0.0323. The normalized spacial score (nSPS) is 11.1. The second-order valence-corrected chi connectivity index (χ2v) is 7.69. The molecule has 4 aromatic carbocycles. The molecule has 4 rings (SSSR count). The average molecular weight is 463 g/mol. The monoisotopic (exact) mass is 462 g/mol. The highest BCUT2D eigenvalue weighted by molar-refractivity contribution is 6.09. The highest BCUT2D eigenvalue weighted by atomic mass is 16.5. The number of fused-ring (bicyclic) bond motifs is 3. The molecule has 0 atom stereocenters. The van der Waals surface area contributed by atoms with Crippen molar-refractivity contribution in [3.8, 4) is 23.0 Å². The standard InChI is InChI=1S/C31H26O4/c1-6-32-28-15-10-22(17-29(28)33-7-2)16-21(5)23-13-14-26-24(18-23)11-12-25-19-30(34-8-3)31(35-9-4)20-27(25)26/h6-20H,1-4H2,5H3/b21-16+. The third-order valence-electron chi connectivity index (χ3n) is 5.55. The summed E-state index contributed by atoms with van der Waals surface area (Å²) in [4.78, 5) is 0. The molecule has 0 unspecified atom stereocenters. The Morgan fingerprint density at radius 2 is 1.14 bits per heavy atom. The van der Waals surface area contributed by atoms with Crippen molar-refractivity contribution in [2.75, 3.05) is 0 Å². The van der Waals surface area contributed by atoms with Crippen molar-refractivity contribution >= 4 is 33.2 Å². The van der Waals surface area contributed by atoms with Crippen LogP contribution in [-0.2, 0) is 0 Å². The smallest absolute Gasteiger partial charge is 0.169 e. The second-order valence-electron chi connectivity index (χ2n) is 7.69. The number of allylic oxidation sites excluding steroid dienone is 1. The molecular weight excluding hydrogens is 436 g/mol. The van der Waals surface area contributed by atoms with Gasteiger partial charge in [-0.25, -0.2) is 0 Å². The van der Waals surface area contributed by atoms with E-state index in [0.717, 1.165) is 38.2 Å². The molecule has 4 heteroatoms. The highest BCUT2D eigenvalue weighted by Gasteiger charge is 2.11. The Hall–Kier alpha value is -4.70. The zero-order valence-electron chi connectivity index (χ0n) is 19.6. The summed E-state index contributed by atoms with van der Waals surface area (Å²) in [5.41, 5.74) is 3.21. The molecule has 0 bridgehead atoms. The molecule has 0 aliphatic carbocycles. The summed E-state index contributed by atoms with van der Waals surface area (Å²) in [7, 11) is 0. The fourth-order valence-electron chi connectivity index (χ4n) is 4.00. The van der Waals surface area contributed by atoms with Crippen LogP contribution in [0.15, 0.2) is 112 Å². The van der Waals surface area contributed by atoms with Crippen molar-refractivity contribution in [3.05, 3.63) is 123 Å². The van der Waals surface area contributed by atoms with Gasteiger partial charge in [-0.1, -0.05) is 62.7 Å². The number of rotatable bonds is 10. The van der Waals surface area contributed by atoms with Gasteiger partial charge in [-0.15, -0.1) is 0 Å². The predicted octanol–water partition coefficient (Wildman–Crippen LogP) is 8.64. The lowest BCUT2D eigenvalue weighted by Gasteiger charge is -2.12. The minimum absolute atomic E-state index is 0.573. The van der Waals surface area contributed by atoms with Crippen LogP contribution in [0.3, 0.4) is 0 Å². The lowest BCUT2D eigenvalue weighted by atomic mass is 9.96. The van der Waals surface area contributed by atoms with Gasteiger partial charge in [-0.3, -0.25) is 0 Å². The quantitative estimate of drug-likeness (QED) is 0.134. The van der Waals surface area contributed by atoms with Crippen molar-refractivity contribution in [1.29, 1.82) is 0 Å². The average Bonchev–Trinajstić information content (AvgIpc) is 2.86. The third kappa shape index (κ3) is 4.97. The molecule has 4 nitrogen and oxygen atoms in total. The van der Waals surface area contributed by atoms with Crippen LogP contribution in [0.4, 0.5) is 0 Å². The van der Waals surface area contributed by atoms with Gasteiger partial charge in [-0.2, -0.15) is 0 Å². The van der Waals surface area contributed by atoms with Crippen LogP contribution in [-0.4, -0.2) is 0 Å². The Kier molecular flexibility index (Phi) is 7.03. The summed E-state index contributed by atoms with van der Waals surface area (Å²) in [6, 6.07) is 20.2. The Bertz CT molecular complexity index is 1480. The van der Waals surface area contributed by atoms with Crippen LogP contribution in [0.2, 0.25) is 0 Å². The Morgan fingerprint density at radius 1 is 0.571 bits per heavy atom. The van der Waals surface area contributed by atoms with E-state index in [9.17, 15) is 0 Å². The first-order valence-corrected chi connectivity index (χ1v) is 11.0. The van der Waals surface area contributed by atoms with E-state index in [1.54, 1.807) is 0 Å². The topological polar surface area (TPSA) is 36.9 Å². The van der Waals surface area contributed by atoms with Crippen LogP contribution in [0, 0.1) is 0 Å². The first-order chi connectivity index (χ1) is 17.1. The Morgan fingerprint density at radius 3 is 1.80 bits per heavy atom. The lowest BCUT2D eigenvalue weighted by Crippen LogP contribution is -1.90. The maximum absolute atomic E-state index is 5.58. The summed E-state index contributed by atoms with van der Waals surface area (Å²) < 4.78 is 22.0. The molecule has 0 aromatic heterocycles. The van der Waals surface area contributed by atoms with E-state index in [4.69, 9.17) is 18.9 Å². The first kappa shape index (κ1) is 23.5. The van der Waals surface area contributed by atoms with Crippen molar-refractivity contribution in [2.24, 2.45) is 0 Å². The molecule has 174 valence electrons. The van der Waals surface area contributed by atoms with Crippen molar-refractivity contribution in [1.82, 2.24) is 0 Å². The van der Waals surface area contributed by atoms with Gasteiger partial charge in [0.05, 0.1) is 25.0 Å². The van der Waals surface area contributed by atoms with Crippen LogP contribution in [0.5, 0.6) is 23.0 Å². The van der Waals surface area contributed by atoms with Gasteiger partial charge >= 0.3 is 0 Å². The number of hydrogen-bond acceptors (Lipinski definition) is 4. The zero-order chi connectivity index (χ0) is 24.8. The fourth-order valence-corrected chi connectivity index (χ4v) is 4.00. The summed E-state index contributed by atoms with van der Waals surface area (Å²) in [6.07, 6.45) is 7.61. The molecular formula is C31H26O4. The largest absolute Gasteiger partial charge is 0.462 e. The van der Waals surface area contributed by atoms with E-state index in [2.05, 4.69) is 69.6 Å². The van der Waals surface area contributed by atoms with Crippen LogP contribution in [0.1, 0.15) is 18.1 Å². The number of hydrogen-bond donors (Lipinski definition) is 0. The first-order valence-electron chi connectivity index (χ1n) is 11.0. The van der Waals surface area contributed by atoms with Gasteiger partial charge in [0.15, 0.2) is 23.0 Å². The zero-order valence-corrected chi connectivity index (χ0v) is 19.6. The molecule has 0 aliphatic rings. The van der Waals surface area contributed by atoms with E-state index in [0.29, 0.717) is 23.0 Å². The van der Waals surface area contributed by atoms with Gasteiger partial charge in [-0.05, 0) is 75.5 Å². The molecule has 0 aliphatic heterocycles. The minimum Gasteiger partial charge on any atom is -0.462 e. The van der Waals surface area contributed by atoms with Gasteiger partial charge in [0, 0.05) is 0 Å². The Labute approximate surface area is 205 Å². The van der Waals surface area contributed by atoms with Crippen molar-refractivity contribution in [3.63, 3.8) is 0 Å². The molecule has 0 amide bonds. The van der Waals surface area contributed by atoms with Crippen LogP contribution >= 0.6 is 0 Å². The molecule has 0 heterocycles. The second kappa shape index (κ2) is 10.5. The predicted molar refractivity (Wildman–Crippen MR) is 145 cm³/mol. The molecule has 0 fully saturated rings. The van der Waals surface area contributed by atoms with E-state index < -0.39 is 0 Å². The number of ether oxygens (including phenoxy) is 4. The lowest BCUT2D eigenvalue weighted by molar-refractivity contribution is 0.418. The van der Waals surface area contributed by atoms with E-state index in [1.165, 1.54) is 25.0 Å². The molecule has 35 heavy (non-hydrogen) atoms. The molecule has 0 radical (unpaired) electrons. The van der Waals surface area contributed by atoms with Crippen molar-refractivity contribution in [2.45, 2.75) is 6.92 Å².